The standard InChI is InChI=1S/C43H52N8O6S/c1-43(2,3)28-24-34(39(56-6)35(25-28)50-58(7)54)48-42(53)47-33-14-15-36(31-11-9-8-10-30(31)33)57-38-17-21-45-41(49-38)46-29-12-13-32(37(26-29)55-5)40(52)44-20-16-27-18-22-51(4)23-19-27/h8-15,17,21,24-27,50H,16,18-20,22-23H2,1-7H3,(H,44,52)(H,45,46,49)(H2,47,48,53). The number of rotatable bonds is 14. The molecule has 6 rings (SSSR count). The maximum absolute atomic E-state index is 13.5. The second kappa shape index (κ2) is 18.6. The van der Waals surface area contributed by atoms with Gasteiger partial charge in [-0.25, -0.2) is 14.0 Å². The van der Waals surface area contributed by atoms with Crippen LogP contribution in [-0.4, -0.2) is 78.2 Å². The van der Waals surface area contributed by atoms with Gasteiger partial charge in [0.15, 0.2) is 5.75 Å². The number of ether oxygens (including phenoxy) is 3. The number of anilines is 5. The van der Waals surface area contributed by atoms with Crippen LogP contribution in [0.2, 0.25) is 0 Å². The monoisotopic (exact) mass is 808 g/mol. The third-order valence-corrected chi connectivity index (χ3v) is 10.5. The van der Waals surface area contributed by atoms with E-state index in [1.54, 1.807) is 42.6 Å². The summed E-state index contributed by atoms with van der Waals surface area (Å²) < 4.78 is 32.5. The van der Waals surface area contributed by atoms with Crippen LogP contribution in [0.3, 0.4) is 0 Å². The molecule has 1 saturated heterocycles. The van der Waals surface area contributed by atoms with Crippen molar-refractivity contribution in [3.8, 4) is 23.1 Å². The minimum atomic E-state index is -1.37. The van der Waals surface area contributed by atoms with Crippen LogP contribution in [0.15, 0.2) is 79.0 Å². The Kier molecular flexibility index (Phi) is 13.3. The van der Waals surface area contributed by atoms with Gasteiger partial charge in [-0.2, -0.15) is 4.98 Å². The van der Waals surface area contributed by atoms with E-state index in [0.717, 1.165) is 48.7 Å². The Morgan fingerprint density at radius 3 is 2.31 bits per heavy atom. The van der Waals surface area contributed by atoms with Gasteiger partial charge in [0.05, 0.1) is 36.8 Å². The number of aromatic nitrogens is 2. The lowest BCUT2D eigenvalue weighted by Crippen LogP contribution is -2.32. The molecule has 1 atom stereocenters. The highest BCUT2D eigenvalue weighted by molar-refractivity contribution is 7.85. The summed E-state index contributed by atoms with van der Waals surface area (Å²) in [5, 5.41) is 13.6. The van der Waals surface area contributed by atoms with E-state index in [4.69, 9.17) is 14.2 Å². The predicted octanol–water partition coefficient (Wildman–Crippen LogP) is 8.29. The van der Waals surface area contributed by atoms with Crippen LogP contribution in [0.25, 0.3) is 10.8 Å². The quantitative estimate of drug-likeness (QED) is 0.0736. The van der Waals surface area contributed by atoms with E-state index in [-0.39, 0.29) is 23.2 Å². The molecule has 2 heterocycles. The fraction of sp³-hybridized carbons (Fsp3) is 0.349. The molecular formula is C43H52N8O6S. The molecule has 15 heteroatoms. The lowest BCUT2D eigenvalue weighted by atomic mass is 9.86. The third-order valence-electron chi connectivity index (χ3n) is 10.0. The Balaban J connectivity index is 1.13. The number of nitrogens with one attached hydrogen (secondary N) is 5. The van der Waals surface area contributed by atoms with Gasteiger partial charge in [-0.15, -0.1) is 0 Å². The highest BCUT2D eigenvalue weighted by Gasteiger charge is 2.22. The summed E-state index contributed by atoms with van der Waals surface area (Å²) in [5.41, 5.74) is 3.21. The van der Waals surface area contributed by atoms with Crippen molar-refractivity contribution < 1.29 is 28.0 Å². The van der Waals surface area contributed by atoms with Gasteiger partial charge in [-0.1, -0.05) is 45.0 Å². The molecule has 1 unspecified atom stereocenters. The van der Waals surface area contributed by atoms with Crippen LogP contribution in [0.4, 0.5) is 33.5 Å². The van der Waals surface area contributed by atoms with Crippen LogP contribution in [0.5, 0.6) is 23.1 Å². The van der Waals surface area contributed by atoms with Crippen molar-refractivity contribution in [3.05, 3.63) is 90.1 Å². The topological polar surface area (TPSA) is 168 Å². The Bertz CT molecular complexity index is 2290. The van der Waals surface area contributed by atoms with E-state index in [1.807, 2.05) is 36.4 Å². The average molecular weight is 809 g/mol. The molecule has 1 aliphatic rings. The number of carbonyl (C=O) groups is 2. The van der Waals surface area contributed by atoms with Crippen molar-refractivity contribution >= 4 is 62.4 Å². The number of nitrogens with zero attached hydrogens (tertiary/aromatic N) is 3. The predicted molar refractivity (Wildman–Crippen MR) is 232 cm³/mol. The normalized spacial score (nSPS) is 14.0. The lowest BCUT2D eigenvalue weighted by molar-refractivity contribution is 0.0946. The maximum atomic E-state index is 13.5. The van der Waals surface area contributed by atoms with Crippen molar-refractivity contribution in [2.24, 2.45) is 5.92 Å². The molecule has 14 nitrogen and oxygen atoms in total. The number of methoxy groups -OCH3 is 2. The fourth-order valence-electron chi connectivity index (χ4n) is 6.84. The first-order chi connectivity index (χ1) is 27.8. The largest absolute Gasteiger partial charge is 0.496 e. The van der Waals surface area contributed by atoms with Gasteiger partial charge >= 0.3 is 6.03 Å². The van der Waals surface area contributed by atoms with Crippen molar-refractivity contribution in [2.75, 3.05) is 67.8 Å². The molecule has 1 aromatic heterocycles. The highest BCUT2D eigenvalue weighted by Crippen LogP contribution is 2.40. The minimum absolute atomic E-state index is 0.179. The molecule has 5 N–H and O–H groups in total. The number of piperidine rings is 1. The van der Waals surface area contributed by atoms with Gasteiger partial charge in [0, 0.05) is 47.6 Å². The second-order valence-electron chi connectivity index (χ2n) is 15.3. The maximum Gasteiger partial charge on any atom is 0.323 e. The summed E-state index contributed by atoms with van der Waals surface area (Å²) >= 11 is 0. The molecule has 1 aliphatic heterocycles. The number of urea groups is 1. The van der Waals surface area contributed by atoms with E-state index in [9.17, 15) is 13.8 Å². The number of benzene rings is 4. The summed E-state index contributed by atoms with van der Waals surface area (Å²) in [6, 6.07) is 21.2. The van der Waals surface area contributed by atoms with E-state index in [2.05, 4.69) is 68.7 Å². The molecule has 3 amide bonds. The summed E-state index contributed by atoms with van der Waals surface area (Å²) in [7, 11) is 3.81. The van der Waals surface area contributed by atoms with E-state index < -0.39 is 17.0 Å². The zero-order valence-electron chi connectivity index (χ0n) is 34.0. The first kappa shape index (κ1) is 41.7. The number of fused-ring (bicyclic) bond motifs is 1. The minimum Gasteiger partial charge on any atom is -0.496 e. The summed E-state index contributed by atoms with van der Waals surface area (Å²) in [6.07, 6.45) is 6.38. The van der Waals surface area contributed by atoms with Crippen LogP contribution in [0, 0.1) is 5.92 Å². The number of hydrogen-bond acceptors (Lipinski definition) is 10. The van der Waals surface area contributed by atoms with Crippen LogP contribution in [0.1, 0.15) is 56.0 Å². The number of amides is 3. The van der Waals surface area contributed by atoms with Crippen molar-refractivity contribution in [1.29, 1.82) is 0 Å². The fourth-order valence-corrected chi connectivity index (χ4v) is 7.31. The highest BCUT2D eigenvalue weighted by atomic mass is 32.2. The Morgan fingerprint density at radius 2 is 1.60 bits per heavy atom. The molecule has 1 fully saturated rings. The molecule has 58 heavy (non-hydrogen) atoms. The Morgan fingerprint density at radius 1 is 0.879 bits per heavy atom. The van der Waals surface area contributed by atoms with E-state index >= 15 is 0 Å². The Labute approximate surface area is 342 Å². The zero-order chi connectivity index (χ0) is 41.4. The SMILES string of the molecule is COc1cc(Nc2nccc(Oc3ccc(NC(=O)Nc4cc(C(C)(C)C)cc(NS(C)=O)c4OC)c4ccccc34)n2)ccc1C(=O)NCCC1CCN(C)CC1. The Hall–Kier alpha value is -5.93. The van der Waals surface area contributed by atoms with Crippen LogP contribution < -0.4 is 40.2 Å². The van der Waals surface area contributed by atoms with Crippen molar-refractivity contribution in [2.45, 2.75) is 45.4 Å². The van der Waals surface area contributed by atoms with Gasteiger partial charge in [0.2, 0.25) is 11.8 Å². The molecule has 5 aromatic rings. The molecule has 0 saturated carbocycles. The average Bonchev–Trinajstić information content (AvgIpc) is 3.19. The molecule has 0 spiro atoms. The van der Waals surface area contributed by atoms with Crippen molar-refractivity contribution in [1.82, 2.24) is 20.2 Å². The molecule has 306 valence electrons. The second-order valence-corrected chi connectivity index (χ2v) is 16.4. The third kappa shape index (κ3) is 10.5. The van der Waals surface area contributed by atoms with E-state index in [1.165, 1.54) is 20.5 Å². The van der Waals surface area contributed by atoms with Crippen LogP contribution >= 0.6 is 0 Å². The molecular weight excluding hydrogens is 757 g/mol. The smallest absolute Gasteiger partial charge is 0.323 e. The summed E-state index contributed by atoms with van der Waals surface area (Å²) in [4.78, 5) is 37.8. The summed E-state index contributed by atoms with van der Waals surface area (Å²) in [5.74, 6) is 2.32. The summed E-state index contributed by atoms with van der Waals surface area (Å²) in [6.45, 7) is 8.97. The van der Waals surface area contributed by atoms with Gasteiger partial charge in [-0.05, 0) is 92.7 Å². The lowest BCUT2D eigenvalue weighted by Gasteiger charge is -2.28. The van der Waals surface area contributed by atoms with Gasteiger partial charge < -0.3 is 45.1 Å². The first-order valence-electron chi connectivity index (χ1n) is 19.2. The molecule has 0 aliphatic carbocycles. The number of carbonyl (C=O) groups excluding carboxylic acids is 2. The molecule has 4 aromatic carbocycles. The first-order valence-corrected chi connectivity index (χ1v) is 20.7. The van der Waals surface area contributed by atoms with Crippen LogP contribution in [-0.2, 0) is 16.4 Å². The molecule has 0 radical (unpaired) electrons. The van der Waals surface area contributed by atoms with Gasteiger partial charge in [0.1, 0.15) is 22.5 Å². The van der Waals surface area contributed by atoms with E-state index in [0.29, 0.717) is 58.0 Å². The van der Waals surface area contributed by atoms with Gasteiger partial charge in [-0.3, -0.25) is 4.79 Å². The molecule has 0 bridgehead atoms. The number of hydrogen-bond donors (Lipinski definition) is 5. The van der Waals surface area contributed by atoms with Gasteiger partial charge in [0.25, 0.3) is 5.91 Å². The zero-order valence-corrected chi connectivity index (χ0v) is 34.8. The number of likely N-dealkylation sites (tertiary alicyclic amines) is 1. The van der Waals surface area contributed by atoms with Crippen molar-refractivity contribution in [3.63, 3.8) is 0 Å².